The summed E-state index contributed by atoms with van der Waals surface area (Å²) in [5.41, 5.74) is 6.42. The molecule has 0 aromatic rings. The molecule has 2 bridgehead atoms. The monoisotopic (exact) mass is 585 g/mol. The lowest BCUT2D eigenvalue weighted by atomic mass is 9.85. The summed E-state index contributed by atoms with van der Waals surface area (Å²) in [5.74, 6) is -2.14. The van der Waals surface area contributed by atoms with Crippen LogP contribution in [0.2, 0.25) is 0 Å². The lowest BCUT2D eigenvalue weighted by Crippen LogP contribution is -2.37. The number of fused-ring (bicyclic) bond motifs is 2. The predicted octanol–water partition coefficient (Wildman–Crippen LogP) is 2.54. The molecule has 0 fully saturated rings. The van der Waals surface area contributed by atoms with E-state index in [2.05, 4.69) is 17.2 Å². The van der Waals surface area contributed by atoms with Crippen LogP contribution in [0.3, 0.4) is 0 Å². The molecule has 2 aliphatic rings. The number of amides is 2. The third kappa shape index (κ3) is 9.10. The number of aliphatic hydroxyl groups is 1. The number of rotatable bonds is 6. The molecule has 0 aromatic heterocycles. The van der Waals surface area contributed by atoms with Crippen LogP contribution in [0.25, 0.3) is 0 Å². The number of carbonyl (C=O) groups excluding carboxylic acids is 4. The van der Waals surface area contributed by atoms with Crippen molar-refractivity contribution in [3.05, 3.63) is 71.1 Å². The van der Waals surface area contributed by atoms with Crippen molar-refractivity contribution < 1.29 is 38.5 Å². The van der Waals surface area contributed by atoms with Crippen LogP contribution in [-0.2, 0) is 28.6 Å². The normalized spacial score (nSPS) is 31.6. The minimum Gasteiger partial charge on any atom is -0.439 e. The fourth-order valence-electron chi connectivity index (χ4n) is 4.95. The Labute approximate surface area is 247 Å². The third-order valence-electron chi connectivity index (χ3n) is 7.22. The maximum absolute atomic E-state index is 13.5. The first kappa shape index (κ1) is 34.4. The zero-order valence-electron chi connectivity index (χ0n) is 25.1. The molecule has 1 aliphatic heterocycles. The molecular formula is C31H43N3O8. The van der Waals surface area contributed by atoms with Crippen molar-refractivity contribution in [1.29, 1.82) is 0 Å². The molecule has 0 unspecified atom stereocenters. The van der Waals surface area contributed by atoms with E-state index in [0.717, 1.165) is 6.08 Å². The molecule has 11 heteroatoms. The van der Waals surface area contributed by atoms with E-state index >= 15 is 0 Å². The summed E-state index contributed by atoms with van der Waals surface area (Å²) >= 11 is 0. The van der Waals surface area contributed by atoms with Gasteiger partial charge in [-0.3, -0.25) is 14.4 Å². The second-order valence-corrected chi connectivity index (χ2v) is 10.6. The molecule has 230 valence electrons. The maximum Gasteiger partial charge on any atom is 0.405 e. The molecule has 0 saturated carbocycles. The van der Waals surface area contributed by atoms with Crippen LogP contribution in [0.4, 0.5) is 4.79 Å². The highest BCUT2D eigenvalue weighted by Crippen LogP contribution is 2.28. The zero-order valence-corrected chi connectivity index (χ0v) is 25.1. The van der Waals surface area contributed by atoms with Gasteiger partial charge >= 0.3 is 6.09 Å². The third-order valence-corrected chi connectivity index (χ3v) is 7.22. The Hall–Kier alpha value is -3.80. The first-order valence-corrected chi connectivity index (χ1v) is 13.8. The standard InChI is InChI=1S/C31H43N3O8/c1-8-12-33-26-21-13-17(2)14-25(41-7)27(36)19(4)15-20(5)29(42-31(32)39)24(40-6)11-9-10-18(3)30(38)34-22(28(21)37)16-23(26)35/h8-11,15-17,19,24-25,27,29,33,36H,1,12-14H2,2-7H3,(H2,32,39)(H,34,38)/b11-9-,18-10+,20-15+/t17-,19+,24-,25-,27-,29-/m0/s1. The summed E-state index contributed by atoms with van der Waals surface area (Å²) in [7, 11) is 2.92. The van der Waals surface area contributed by atoms with Gasteiger partial charge in [-0.15, -0.1) is 6.58 Å². The Morgan fingerprint density at radius 3 is 2.50 bits per heavy atom. The SMILES string of the molecule is C=CCNC1=C2C[C@H](C)C[C@H](OC)[C@@H](O)[C@H](C)/C=C(\C)[C@H](OC(N)=O)[C@@H](OC)/C=C\C=C(/C)C(=O)NC(=CC1=O)C2=O. The van der Waals surface area contributed by atoms with Gasteiger partial charge in [0.25, 0.3) is 5.91 Å². The summed E-state index contributed by atoms with van der Waals surface area (Å²) in [4.78, 5) is 51.3. The number of carbonyl (C=O) groups is 4. The molecule has 0 aromatic carbocycles. The summed E-state index contributed by atoms with van der Waals surface area (Å²) in [5, 5.41) is 16.7. The highest BCUT2D eigenvalue weighted by molar-refractivity contribution is 6.23. The molecule has 1 heterocycles. The molecule has 2 amide bonds. The van der Waals surface area contributed by atoms with Crippen molar-refractivity contribution in [2.24, 2.45) is 17.6 Å². The van der Waals surface area contributed by atoms with E-state index < -0.39 is 53.9 Å². The fraction of sp³-hybridized carbons (Fsp3) is 0.484. The van der Waals surface area contributed by atoms with Gasteiger partial charge in [-0.25, -0.2) is 4.79 Å². The van der Waals surface area contributed by atoms with Crippen molar-refractivity contribution in [2.45, 2.75) is 65.0 Å². The highest BCUT2D eigenvalue weighted by atomic mass is 16.6. The second-order valence-electron chi connectivity index (χ2n) is 10.6. The number of primary amides is 1. The van der Waals surface area contributed by atoms with E-state index in [1.54, 1.807) is 45.1 Å². The van der Waals surface area contributed by atoms with Gasteiger partial charge < -0.3 is 35.7 Å². The lowest BCUT2D eigenvalue weighted by molar-refractivity contribution is -0.120. The van der Waals surface area contributed by atoms with E-state index in [0.29, 0.717) is 12.0 Å². The number of methoxy groups -OCH3 is 2. The van der Waals surface area contributed by atoms with Crippen molar-refractivity contribution in [3.8, 4) is 0 Å². The Morgan fingerprint density at radius 1 is 1.21 bits per heavy atom. The van der Waals surface area contributed by atoms with E-state index in [1.807, 2.05) is 6.92 Å². The van der Waals surface area contributed by atoms with Gasteiger partial charge in [0.05, 0.1) is 23.6 Å². The minimum atomic E-state index is -1.00. The molecule has 5 N–H and O–H groups in total. The zero-order chi connectivity index (χ0) is 31.6. The van der Waals surface area contributed by atoms with Crippen molar-refractivity contribution in [1.82, 2.24) is 10.6 Å². The summed E-state index contributed by atoms with van der Waals surface area (Å²) < 4.78 is 16.6. The van der Waals surface area contributed by atoms with Crippen LogP contribution in [0.5, 0.6) is 0 Å². The van der Waals surface area contributed by atoms with Crippen LogP contribution in [0.15, 0.2) is 71.1 Å². The quantitative estimate of drug-likeness (QED) is 0.271. The molecule has 11 nitrogen and oxygen atoms in total. The van der Waals surface area contributed by atoms with Crippen LogP contribution >= 0.6 is 0 Å². The van der Waals surface area contributed by atoms with Crippen molar-refractivity contribution >= 4 is 23.6 Å². The lowest BCUT2D eigenvalue weighted by Gasteiger charge is -2.30. The Bertz CT molecular complexity index is 1210. The van der Waals surface area contributed by atoms with Gasteiger partial charge in [-0.2, -0.15) is 0 Å². The molecule has 6 atom stereocenters. The van der Waals surface area contributed by atoms with E-state index in [4.69, 9.17) is 19.9 Å². The predicted molar refractivity (Wildman–Crippen MR) is 158 cm³/mol. The minimum absolute atomic E-state index is 0.132. The smallest absolute Gasteiger partial charge is 0.405 e. The molecular weight excluding hydrogens is 542 g/mol. The van der Waals surface area contributed by atoms with Crippen LogP contribution in [-0.4, -0.2) is 73.9 Å². The molecule has 0 saturated heterocycles. The van der Waals surface area contributed by atoms with Gasteiger partial charge in [0.15, 0.2) is 6.10 Å². The first-order chi connectivity index (χ1) is 19.8. The van der Waals surface area contributed by atoms with E-state index in [-0.39, 0.29) is 41.4 Å². The number of Topliss-reactive ketones (excluding diaryl/α,β-unsaturated/α-hetero) is 1. The van der Waals surface area contributed by atoms with Crippen LogP contribution < -0.4 is 16.4 Å². The maximum atomic E-state index is 13.5. The number of nitrogens with two attached hydrogens (primary N) is 1. The van der Waals surface area contributed by atoms with Gasteiger partial charge in [-0.1, -0.05) is 44.2 Å². The Kier molecular flexibility index (Phi) is 13.1. The van der Waals surface area contributed by atoms with Gasteiger partial charge in [0.2, 0.25) is 11.6 Å². The summed E-state index contributed by atoms with van der Waals surface area (Å²) in [6.45, 7) is 10.9. The average Bonchev–Trinajstić information content (AvgIpc) is 2.94. The summed E-state index contributed by atoms with van der Waals surface area (Å²) in [6.07, 6.45) is 5.34. The van der Waals surface area contributed by atoms with E-state index in [9.17, 15) is 24.3 Å². The first-order valence-electron chi connectivity index (χ1n) is 13.8. The average molecular weight is 586 g/mol. The van der Waals surface area contributed by atoms with Gasteiger partial charge in [-0.05, 0) is 38.2 Å². The molecule has 1 aliphatic carbocycles. The number of hydrogen-bond donors (Lipinski definition) is 4. The Morgan fingerprint density at radius 2 is 1.90 bits per heavy atom. The number of nitrogens with one attached hydrogen (secondary N) is 2. The number of ether oxygens (including phenoxy) is 3. The van der Waals surface area contributed by atoms with Crippen LogP contribution in [0.1, 0.15) is 40.5 Å². The summed E-state index contributed by atoms with van der Waals surface area (Å²) in [6, 6.07) is 0. The van der Waals surface area contributed by atoms with Gasteiger partial charge in [0, 0.05) is 43.9 Å². The molecule has 2 rings (SSSR count). The molecule has 0 radical (unpaired) electrons. The van der Waals surface area contributed by atoms with Crippen molar-refractivity contribution in [2.75, 3.05) is 20.8 Å². The number of ketones is 2. The molecule has 0 spiro atoms. The highest BCUT2D eigenvalue weighted by Gasteiger charge is 2.33. The number of hydrogen-bond acceptors (Lipinski definition) is 9. The van der Waals surface area contributed by atoms with Gasteiger partial charge in [0.1, 0.15) is 6.10 Å². The van der Waals surface area contributed by atoms with Crippen LogP contribution in [0, 0.1) is 11.8 Å². The Balaban J connectivity index is 2.62. The number of aliphatic hydroxyl groups excluding tert-OH is 1. The van der Waals surface area contributed by atoms with Crippen molar-refractivity contribution in [3.63, 3.8) is 0 Å². The topological polar surface area (TPSA) is 166 Å². The fourth-order valence-corrected chi connectivity index (χ4v) is 4.95. The second kappa shape index (κ2) is 16.0. The number of allylic oxidation sites excluding steroid dienone is 4. The molecule has 42 heavy (non-hydrogen) atoms. The largest absolute Gasteiger partial charge is 0.439 e. The van der Waals surface area contributed by atoms with E-state index in [1.165, 1.54) is 20.3 Å².